The molecule has 1 aromatic rings. The van der Waals surface area contributed by atoms with E-state index in [0.717, 1.165) is 44.3 Å². The summed E-state index contributed by atoms with van der Waals surface area (Å²) < 4.78 is 5.25. The molecule has 0 unspecified atom stereocenters. The second-order valence-corrected chi connectivity index (χ2v) is 5.66. The molecule has 102 valence electrons. The smallest absolute Gasteiger partial charge is 0.226 e. The van der Waals surface area contributed by atoms with Crippen LogP contribution in [0.4, 0.5) is 0 Å². The van der Waals surface area contributed by atoms with Gasteiger partial charge < -0.3 is 10.3 Å². The summed E-state index contributed by atoms with van der Waals surface area (Å²) in [6.07, 6.45) is 3.24. The number of likely N-dealkylation sites (tertiary alicyclic amines) is 1. The van der Waals surface area contributed by atoms with E-state index in [1.165, 1.54) is 12.8 Å². The van der Waals surface area contributed by atoms with Gasteiger partial charge in [0.2, 0.25) is 5.89 Å². The van der Waals surface area contributed by atoms with E-state index in [0.29, 0.717) is 11.8 Å². The van der Waals surface area contributed by atoms with Crippen LogP contribution >= 0.6 is 0 Å². The van der Waals surface area contributed by atoms with Gasteiger partial charge in [-0.25, -0.2) is 0 Å². The summed E-state index contributed by atoms with van der Waals surface area (Å²) in [5.41, 5.74) is 5.69. The molecule has 0 aromatic carbocycles. The number of aromatic nitrogens is 2. The molecule has 1 aliphatic heterocycles. The fourth-order valence-corrected chi connectivity index (χ4v) is 2.37. The van der Waals surface area contributed by atoms with Crippen LogP contribution in [0.1, 0.15) is 38.4 Å². The molecule has 1 saturated heterocycles. The quantitative estimate of drug-likeness (QED) is 0.858. The molecule has 1 aromatic heterocycles. The predicted molar refractivity (Wildman–Crippen MR) is 69.9 cm³/mol. The third-order valence-corrected chi connectivity index (χ3v) is 3.50. The first-order chi connectivity index (χ1) is 8.67. The zero-order valence-corrected chi connectivity index (χ0v) is 11.4. The number of piperidine rings is 1. The molecule has 0 atom stereocenters. The molecule has 5 nitrogen and oxygen atoms in total. The fraction of sp³-hybridized carbons (Fsp3) is 0.846. The normalized spacial score (nSPS) is 18.7. The molecule has 0 radical (unpaired) electrons. The summed E-state index contributed by atoms with van der Waals surface area (Å²) in [5.74, 6) is 2.83. The lowest BCUT2D eigenvalue weighted by Crippen LogP contribution is -2.35. The van der Waals surface area contributed by atoms with E-state index in [2.05, 4.69) is 28.9 Å². The van der Waals surface area contributed by atoms with Crippen molar-refractivity contribution in [3.05, 3.63) is 11.7 Å². The molecule has 0 saturated carbocycles. The number of hydrogen-bond acceptors (Lipinski definition) is 5. The van der Waals surface area contributed by atoms with Crippen LogP contribution in [0, 0.1) is 11.8 Å². The van der Waals surface area contributed by atoms with Crippen molar-refractivity contribution in [2.24, 2.45) is 17.6 Å². The largest absolute Gasteiger partial charge is 0.339 e. The second-order valence-electron chi connectivity index (χ2n) is 5.66. The van der Waals surface area contributed by atoms with Crippen LogP contribution in [0.2, 0.25) is 0 Å². The minimum Gasteiger partial charge on any atom is -0.339 e. The maximum atomic E-state index is 5.69. The van der Waals surface area contributed by atoms with Gasteiger partial charge in [-0.05, 0) is 44.3 Å². The first-order valence-corrected chi connectivity index (χ1v) is 6.91. The Bertz CT molecular complexity index is 356. The molecule has 0 aliphatic carbocycles. The van der Waals surface area contributed by atoms with Crippen LogP contribution in [0.25, 0.3) is 0 Å². The van der Waals surface area contributed by atoms with Crippen molar-refractivity contribution in [2.75, 3.05) is 19.6 Å². The maximum absolute atomic E-state index is 5.69. The zero-order chi connectivity index (χ0) is 13.0. The molecular formula is C13H24N4O. The van der Waals surface area contributed by atoms with Crippen molar-refractivity contribution < 1.29 is 4.52 Å². The summed E-state index contributed by atoms with van der Waals surface area (Å²) in [4.78, 5) is 6.82. The van der Waals surface area contributed by atoms with Crippen LogP contribution in [-0.4, -0.2) is 34.7 Å². The van der Waals surface area contributed by atoms with Gasteiger partial charge in [0.05, 0.1) is 6.54 Å². The highest BCUT2D eigenvalue weighted by molar-refractivity contribution is 4.88. The van der Waals surface area contributed by atoms with Gasteiger partial charge in [0, 0.05) is 6.42 Å². The minimum atomic E-state index is 0.554. The number of nitrogens with zero attached hydrogens (tertiary/aromatic N) is 3. The molecule has 1 fully saturated rings. The van der Waals surface area contributed by atoms with Gasteiger partial charge >= 0.3 is 0 Å². The summed E-state index contributed by atoms with van der Waals surface area (Å²) in [7, 11) is 0. The Morgan fingerprint density at radius 1 is 1.39 bits per heavy atom. The molecule has 0 bridgehead atoms. The lowest BCUT2D eigenvalue weighted by molar-refractivity contribution is 0.175. The minimum absolute atomic E-state index is 0.554. The summed E-state index contributed by atoms with van der Waals surface area (Å²) in [6, 6.07) is 0. The van der Waals surface area contributed by atoms with Crippen LogP contribution in [0.5, 0.6) is 0 Å². The second kappa shape index (κ2) is 6.29. The maximum Gasteiger partial charge on any atom is 0.226 e. The van der Waals surface area contributed by atoms with E-state index >= 15 is 0 Å². The number of rotatable bonds is 5. The zero-order valence-electron chi connectivity index (χ0n) is 11.4. The Kier molecular flexibility index (Phi) is 4.72. The molecule has 5 heteroatoms. The van der Waals surface area contributed by atoms with E-state index in [9.17, 15) is 0 Å². The van der Waals surface area contributed by atoms with E-state index in [1.807, 2.05) is 0 Å². The van der Waals surface area contributed by atoms with Gasteiger partial charge in [-0.15, -0.1) is 0 Å². The van der Waals surface area contributed by atoms with Crippen molar-refractivity contribution in [3.63, 3.8) is 0 Å². The first-order valence-electron chi connectivity index (χ1n) is 6.91. The Morgan fingerprint density at radius 3 is 2.72 bits per heavy atom. The highest BCUT2D eigenvalue weighted by Gasteiger charge is 2.19. The molecule has 2 heterocycles. The van der Waals surface area contributed by atoms with E-state index < -0.39 is 0 Å². The van der Waals surface area contributed by atoms with Crippen molar-refractivity contribution >= 4 is 0 Å². The van der Waals surface area contributed by atoms with Gasteiger partial charge in [-0.2, -0.15) is 4.98 Å². The molecule has 1 aliphatic rings. The van der Waals surface area contributed by atoms with Crippen LogP contribution in [0.15, 0.2) is 4.52 Å². The van der Waals surface area contributed by atoms with Crippen molar-refractivity contribution in [3.8, 4) is 0 Å². The SMILES string of the molecule is CC(C)Cc1nc(CN2CCC(CN)CC2)no1. The standard InChI is InChI=1S/C13H24N4O/c1-10(2)7-13-15-12(16-18-13)9-17-5-3-11(8-14)4-6-17/h10-11H,3-9,14H2,1-2H3. The lowest BCUT2D eigenvalue weighted by Gasteiger charge is -2.30. The highest BCUT2D eigenvalue weighted by atomic mass is 16.5. The van der Waals surface area contributed by atoms with Crippen molar-refractivity contribution in [1.29, 1.82) is 0 Å². The summed E-state index contributed by atoms with van der Waals surface area (Å²) >= 11 is 0. The number of nitrogens with two attached hydrogens (primary N) is 1. The van der Waals surface area contributed by atoms with Crippen LogP contribution in [-0.2, 0) is 13.0 Å². The van der Waals surface area contributed by atoms with E-state index in [4.69, 9.17) is 10.3 Å². The average molecular weight is 252 g/mol. The Hall–Kier alpha value is -0.940. The third-order valence-electron chi connectivity index (χ3n) is 3.50. The number of hydrogen-bond donors (Lipinski definition) is 1. The van der Waals surface area contributed by atoms with Gasteiger partial charge in [0.25, 0.3) is 0 Å². The monoisotopic (exact) mass is 252 g/mol. The van der Waals surface area contributed by atoms with E-state index in [1.54, 1.807) is 0 Å². The molecule has 2 N–H and O–H groups in total. The molecule has 2 rings (SSSR count). The predicted octanol–water partition coefficient (Wildman–Crippen LogP) is 1.44. The molecule has 0 spiro atoms. The Balaban J connectivity index is 1.81. The van der Waals surface area contributed by atoms with Gasteiger partial charge in [-0.1, -0.05) is 19.0 Å². The average Bonchev–Trinajstić information content (AvgIpc) is 2.76. The van der Waals surface area contributed by atoms with Gasteiger partial charge in [-0.3, -0.25) is 4.90 Å². The topological polar surface area (TPSA) is 68.2 Å². The third kappa shape index (κ3) is 3.78. The van der Waals surface area contributed by atoms with Crippen molar-refractivity contribution in [1.82, 2.24) is 15.0 Å². The lowest BCUT2D eigenvalue weighted by atomic mass is 9.97. The molecular weight excluding hydrogens is 228 g/mol. The van der Waals surface area contributed by atoms with Crippen LogP contribution < -0.4 is 5.73 Å². The summed E-state index contributed by atoms with van der Waals surface area (Å²) in [6.45, 7) is 8.11. The van der Waals surface area contributed by atoms with Crippen molar-refractivity contribution in [2.45, 2.75) is 39.7 Å². The highest BCUT2D eigenvalue weighted by Crippen LogP contribution is 2.17. The molecule has 18 heavy (non-hydrogen) atoms. The van der Waals surface area contributed by atoms with Gasteiger partial charge in [0.1, 0.15) is 0 Å². The Morgan fingerprint density at radius 2 is 2.11 bits per heavy atom. The first kappa shape index (κ1) is 13.5. The summed E-state index contributed by atoms with van der Waals surface area (Å²) in [5, 5.41) is 4.05. The van der Waals surface area contributed by atoms with E-state index in [-0.39, 0.29) is 0 Å². The Labute approximate surface area is 109 Å². The molecule has 0 amide bonds. The van der Waals surface area contributed by atoms with Gasteiger partial charge in [0.15, 0.2) is 5.82 Å². The van der Waals surface area contributed by atoms with Crippen LogP contribution in [0.3, 0.4) is 0 Å². The fourth-order valence-electron chi connectivity index (χ4n) is 2.37.